The van der Waals surface area contributed by atoms with Gasteiger partial charge in [0.2, 0.25) is 0 Å². The third kappa shape index (κ3) is 2.71. The third-order valence-electron chi connectivity index (χ3n) is 2.87. The van der Waals surface area contributed by atoms with Crippen LogP contribution in [-0.2, 0) is 0 Å². The number of fused-ring (bicyclic) bond motifs is 1. The molecular formula is C13H17N3O. The van der Waals surface area contributed by atoms with Crippen LogP contribution in [0.15, 0.2) is 30.5 Å². The van der Waals surface area contributed by atoms with Gasteiger partial charge in [-0.05, 0) is 32.9 Å². The number of rotatable bonds is 3. The van der Waals surface area contributed by atoms with E-state index in [4.69, 9.17) is 0 Å². The van der Waals surface area contributed by atoms with Crippen molar-refractivity contribution in [3.8, 4) is 0 Å². The van der Waals surface area contributed by atoms with Crippen molar-refractivity contribution < 1.29 is 5.11 Å². The predicted octanol–water partition coefficient (Wildman–Crippen LogP) is 2.20. The third-order valence-corrected chi connectivity index (χ3v) is 2.87. The van der Waals surface area contributed by atoms with Crippen molar-refractivity contribution in [1.29, 1.82) is 0 Å². The van der Waals surface area contributed by atoms with Crippen LogP contribution in [0.2, 0.25) is 0 Å². The molecule has 1 aromatic heterocycles. The zero-order valence-corrected chi connectivity index (χ0v) is 10.3. The number of hydrogen-bond acceptors (Lipinski definition) is 4. The first-order chi connectivity index (χ1) is 7.97. The van der Waals surface area contributed by atoms with Crippen molar-refractivity contribution in [3.63, 3.8) is 0 Å². The quantitative estimate of drug-likeness (QED) is 0.850. The van der Waals surface area contributed by atoms with Gasteiger partial charge in [0.15, 0.2) is 0 Å². The van der Waals surface area contributed by atoms with Gasteiger partial charge in [0.05, 0.1) is 28.9 Å². The molecular weight excluding hydrogens is 214 g/mol. The minimum atomic E-state index is -0.798. The first-order valence-electron chi connectivity index (χ1n) is 5.67. The summed E-state index contributed by atoms with van der Waals surface area (Å²) in [6.07, 6.45) is 1.69. The van der Waals surface area contributed by atoms with Crippen LogP contribution < -0.4 is 5.32 Å². The lowest BCUT2D eigenvalue weighted by molar-refractivity contribution is 0.0648. The zero-order chi connectivity index (χ0) is 12.5. The van der Waals surface area contributed by atoms with E-state index in [1.54, 1.807) is 20.0 Å². The van der Waals surface area contributed by atoms with E-state index >= 15 is 0 Å². The lowest BCUT2D eigenvalue weighted by Crippen LogP contribution is -2.39. The summed E-state index contributed by atoms with van der Waals surface area (Å²) in [5.74, 6) is 0.679. The van der Waals surface area contributed by atoms with Crippen molar-refractivity contribution in [3.05, 3.63) is 30.5 Å². The van der Waals surface area contributed by atoms with E-state index < -0.39 is 5.60 Å². The Morgan fingerprint density at radius 1 is 1.24 bits per heavy atom. The SMILES string of the molecule is CC(Nc1cnc2ccccc2n1)C(C)(C)O. The molecule has 1 aromatic carbocycles. The van der Waals surface area contributed by atoms with Crippen molar-refractivity contribution in [2.45, 2.75) is 32.4 Å². The summed E-state index contributed by atoms with van der Waals surface area (Å²) >= 11 is 0. The van der Waals surface area contributed by atoms with Crippen molar-refractivity contribution >= 4 is 16.9 Å². The molecule has 0 radical (unpaired) electrons. The highest BCUT2D eigenvalue weighted by Gasteiger charge is 2.22. The number of nitrogens with one attached hydrogen (secondary N) is 1. The molecule has 2 aromatic rings. The molecule has 0 aliphatic carbocycles. The van der Waals surface area contributed by atoms with Crippen LogP contribution in [0.25, 0.3) is 11.0 Å². The van der Waals surface area contributed by atoms with Crippen LogP contribution in [0.1, 0.15) is 20.8 Å². The Morgan fingerprint density at radius 2 is 1.88 bits per heavy atom. The standard InChI is InChI=1S/C13H17N3O/c1-9(13(2,3)17)15-12-8-14-10-6-4-5-7-11(10)16-12/h4-9,17H,1-3H3,(H,15,16). The number of para-hydroxylation sites is 2. The van der Waals surface area contributed by atoms with Gasteiger partial charge in [0.25, 0.3) is 0 Å². The van der Waals surface area contributed by atoms with Crippen LogP contribution in [-0.4, -0.2) is 26.7 Å². The normalized spacial score (nSPS) is 13.6. The van der Waals surface area contributed by atoms with Gasteiger partial charge in [-0.3, -0.25) is 4.98 Å². The Hall–Kier alpha value is -1.68. The average molecular weight is 231 g/mol. The second kappa shape index (κ2) is 4.30. The first-order valence-corrected chi connectivity index (χ1v) is 5.67. The summed E-state index contributed by atoms with van der Waals surface area (Å²) in [5.41, 5.74) is 0.919. The molecule has 4 nitrogen and oxygen atoms in total. The van der Waals surface area contributed by atoms with Gasteiger partial charge >= 0.3 is 0 Å². The number of anilines is 1. The fourth-order valence-electron chi connectivity index (χ4n) is 1.43. The van der Waals surface area contributed by atoms with Crippen molar-refractivity contribution in [1.82, 2.24) is 9.97 Å². The Bertz CT molecular complexity index is 519. The van der Waals surface area contributed by atoms with E-state index in [0.29, 0.717) is 5.82 Å². The molecule has 2 rings (SSSR count). The van der Waals surface area contributed by atoms with E-state index in [1.807, 2.05) is 31.2 Å². The minimum absolute atomic E-state index is 0.0991. The monoisotopic (exact) mass is 231 g/mol. The molecule has 4 heteroatoms. The zero-order valence-electron chi connectivity index (χ0n) is 10.3. The summed E-state index contributed by atoms with van der Waals surface area (Å²) in [5, 5.41) is 13.0. The molecule has 0 saturated heterocycles. The molecule has 1 atom stereocenters. The molecule has 1 heterocycles. The molecule has 0 fully saturated rings. The van der Waals surface area contributed by atoms with Crippen LogP contribution in [0.4, 0.5) is 5.82 Å². The van der Waals surface area contributed by atoms with Crippen LogP contribution in [0, 0.1) is 0 Å². The van der Waals surface area contributed by atoms with Crippen molar-refractivity contribution in [2.75, 3.05) is 5.32 Å². The minimum Gasteiger partial charge on any atom is -0.388 e. The Labute approximate surface area is 101 Å². The van der Waals surface area contributed by atoms with Gasteiger partial charge in [-0.2, -0.15) is 0 Å². The van der Waals surface area contributed by atoms with Gasteiger partial charge in [-0.1, -0.05) is 12.1 Å². The largest absolute Gasteiger partial charge is 0.388 e. The number of benzene rings is 1. The maximum Gasteiger partial charge on any atom is 0.145 e. The first kappa shape index (κ1) is 11.8. The Morgan fingerprint density at radius 3 is 2.53 bits per heavy atom. The Kier molecular flexibility index (Phi) is 2.98. The van der Waals surface area contributed by atoms with Gasteiger partial charge in [0.1, 0.15) is 5.82 Å². The van der Waals surface area contributed by atoms with E-state index in [0.717, 1.165) is 11.0 Å². The summed E-state index contributed by atoms with van der Waals surface area (Å²) in [7, 11) is 0. The highest BCUT2D eigenvalue weighted by Crippen LogP contribution is 2.16. The molecule has 0 aliphatic rings. The molecule has 17 heavy (non-hydrogen) atoms. The lowest BCUT2D eigenvalue weighted by atomic mass is 10.0. The Balaban J connectivity index is 2.25. The van der Waals surface area contributed by atoms with Crippen LogP contribution >= 0.6 is 0 Å². The number of hydrogen-bond donors (Lipinski definition) is 2. The van der Waals surface area contributed by atoms with Crippen LogP contribution in [0.5, 0.6) is 0 Å². The maximum atomic E-state index is 9.85. The van der Waals surface area contributed by atoms with Crippen molar-refractivity contribution in [2.24, 2.45) is 0 Å². The van der Waals surface area contributed by atoms with E-state index in [9.17, 15) is 5.11 Å². The van der Waals surface area contributed by atoms with E-state index in [1.165, 1.54) is 0 Å². The summed E-state index contributed by atoms with van der Waals surface area (Å²) in [4.78, 5) is 8.75. The summed E-state index contributed by atoms with van der Waals surface area (Å²) < 4.78 is 0. The predicted molar refractivity (Wildman–Crippen MR) is 68.9 cm³/mol. The highest BCUT2D eigenvalue weighted by molar-refractivity contribution is 5.75. The second-order valence-corrected chi connectivity index (χ2v) is 4.76. The lowest BCUT2D eigenvalue weighted by Gasteiger charge is -2.27. The van der Waals surface area contributed by atoms with Gasteiger partial charge in [0, 0.05) is 0 Å². The van der Waals surface area contributed by atoms with Gasteiger partial charge in [-0.15, -0.1) is 0 Å². The summed E-state index contributed by atoms with van der Waals surface area (Å²) in [6.45, 7) is 5.44. The second-order valence-electron chi connectivity index (χ2n) is 4.76. The fraction of sp³-hybridized carbons (Fsp3) is 0.385. The number of aromatic nitrogens is 2. The maximum absolute atomic E-state index is 9.85. The number of aliphatic hydroxyl groups is 1. The molecule has 0 amide bonds. The molecule has 0 bridgehead atoms. The molecule has 90 valence electrons. The highest BCUT2D eigenvalue weighted by atomic mass is 16.3. The van der Waals surface area contributed by atoms with E-state index in [-0.39, 0.29) is 6.04 Å². The molecule has 2 N–H and O–H groups in total. The molecule has 1 unspecified atom stereocenters. The molecule has 0 aliphatic heterocycles. The average Bonchev–Trinajstić information content (AvgIpc) is 2.27. The fourth-order valence-corrected chi connectivity index (χ4v) is 1.43. The van der Waals surface area contributed by atoms with Gasteiger partial charge in [-0.25, -0.2) is 4.98 Å². The van der Waals surface area contributed by atoms with E-state index in [2.05, 4.69) is 15.3 Å². The number of nitrogens with zero attached hydrogens (tertiary/aromatic N) is 2. The smallest absolute Gasteiger partial charge is 0.145 e. The summed E-state index contributed by atoms with van der Waals surface area (Å²) in [6, 6.07) is 7.61. The van der Waals surface area contributed by atoms with Crippen LogP contribution in [0.3, 0.4) is 0 Å². The topological polar surface area (TPSA) is 58.0 Å². The molecule has 0 saturated carbocycles. The van der Waals surface area contributed by atoms with Gasteiger partial charge < -0.3 is 10.4 Å². The molecule has 0 spiro atoms.